The number of hydrogen-bond acceptors (Lipinski definition) is 3. The summed E-state index contributed by atoms with van der Waals surface area (Å²) in [5.74, 6) is 1.01. The van der Waals surface area contributed by atoms with Crippen LogP contribution in [0.1, 0.15) is 38.5 Å². The van der Waals surface area contributed by atoms with Crippen molar-refractivity contribution in [1.29, 1.82) is 0 Å². The fraction of sp³-hybridized carbons (Fsp3) is 1.00. The Kier molecular flexibility index (Phi) is 3.46. The van der Waals surface area contributed by atoms with Gasteiger partial charge in [-0.1, -0.05) is 0 Å². The lowest BCUT2D eigenvalue weighted by Gasteiger charge is -2.27. The molecule has 0 spiro atoms. The van der Waals surface area contributed by atoms with Crippen molar-refractivity contribution in [2.24, 2.45) is 5.92 Å². The Morgan fingerprint density at radius 1 is 1.00 bits per heavy atom. The van der Waals surface area contributed by atoms with Gasteiger partial charge in [0, 0.05) is 25.6 Å². The molecule has 0 atom stereocenters. The van der Waals surface area contributed by atoms with E-state index in [4.69, 9.17) is 9.47 Å². The molecule has 2 saturated carbocycles. The molecule has 1 aliphatic heterocycles. The first-order chi connectivity index (χ1) is 7.92. The van der Waals surface area contributed by atoms with Gasteiger partial charge in [-0.3, -0.25) is 4.90 Å². The Hall–Kier alpha value is -0.120. The summed E-state index contributed by atoms with van der Waals surface area (Å²) in [6.07, 6.45) is 7.94. The fourth-order valence-electron chi connectivity index (χ4n) is 2.47. The van der Waals surface area contributed by atoms with E-state index < -0.39 is 0 Å². The minimum atomic E-state index is 0.0780. The first-order valence-electron chi connectivity index (χ1n) is 6.89. The Morgan fingerprint density at radius 2 is 1.75 bits per heavy atom. The van der Waals surface area contributed by atoms with Crippen molar-refractivity contribution in [3.05, 3.63) is 0 Å². The molecule has 3 rings (SSSR count). The number of nitrogens with zero attached hydrogens (tertiary/aromatic N) is 1. The maximum Gasteiger partial charge on any atom is 0.158 e. The summed E-state index contributed by atoms with van der Waals surface area (Å²) >= 11 is 0. The summed E-state index contributed by atoms with van der Waals surface area (Å²) in [6, 6.07) is 0.893. The summed E-state index contributed by atoms with van der Waals surface area (Å²) in [7, 11) is 0. The lowest BCUT2D eigenvalue weighted by atomic mass is 10.3. The van der Waals surface area contributed by atoms with Crippen molar-refractivity contribution < 1.29 is 9.47 Å². The van der Waals surface area contributed by atoms with Crippen LogP contribution >= 0.6 is 0 Å². The molecule has 0 aromatic carbocycles. The molecule has 0 radical (unpaired) electrons. The smallest absolute Gasteiger partial charge is 0.158 e. The number of rotatable bonds is 6. The van der Waals surface area contributed by atoms with Crippen molar-refractivity contribution in [3.8, 4) is 0 Å². The molecule has 3 nitrogen and oxygen atoms in total. The minimum Gasteiger partial charge on any atom is -0.353 e. The molecular formula is C13H23NO2. The average molecular weight is 225 g/mol. The highest BCUT2D eigenvalue weighted by Gasteiger charge is 2.33. The van der Waals surface area contributed by atoms with Gasteiger partial charge in [0.05, 0.1) is 13.2 Å². The highest BCUT2D eigenvalue weighted by molar-refractivity contribution is 4.88. The zero-order chi connectivity index (χ0) is 10.8. The van der Waals surface area contributed by atoms with Gasteiger partial charge in [0.2, 0.25) is 0 Å². The molecule has 3 aliphatic rings. The van der Waals surface area contributed by atoms with Gasteiger partial charge in [-0.15, -0.1) is 0 Å². The molecule has 0 N–H and O–H groups in total. The fourth-order valence-corrected chi connectivity index (χ4v) is 2.47. The Labute approximate surface area is 98.1 Å². The van der Waals surface area contributed by atoms with Gasteiger partial charge in [-0.25, -0.2) is 0 Å². The third-order valence-electron chi connectivity index (χ3n) is 3.80. The van der Waals surface area contributed by atoms with Crippen LogP contribution in [0, 0.1) is 5.92 Å². The van der Waals surface area contributed by atoms with Crippen molar-refractivity contribution in [2.75, 3.05) is 26.3 Å². The predicted octanol–water partition coefficient (Wildman–Crippen LogP) is 2.01. The van der Waals surface area contributed by atoms with E-state index in [0.29, 0.717) is 0 Å². The highest BCUT2D eigenvalue weighted by Crippen LogP contribution is 2.35. The van der Waals surface area contributed by atoms with Gasteiger partial charge in [-0.2, -0.15) is 0 Å². The van der Waals surface area contributed by atoms with Gasteiger partial charge in [0.15, 0.2) is 6.29 Å². The first-order valence-corrected chi connectivity index (χ1v) is 6.89. The molecule has 16 heavy (non-hydrogen) atoms. The van der Waals surface area contributed by atoms with E-state index in [2.05, 4.69) is 4.90 Å². The number of hydrogen-bond donors (Lipinski definition) is 0. The normalized spacial score (nSPS) is 27.6. The highest BCUT2D eigenvalue weighted by atomic mass is 16.7. The Bertz CT molecular complexity index is 220. The van der Waals surface area contributed by atoms with Crippen molar-refractivity contribution in [1.82, 2.24) is 4.90 Å². The lowest BCUT2D eigenvalue weighted by molar-refractivity contribution is -0.182. The van der Waals surface area contributed by atoms with Crippen LogP contribution in [0.4, 0.5) is 0 Å². The van der Waals surface area contributed by atoms with Gasteiger partial charge >= 0.3 is 0 Å². The van der Waals surface area contributed by atoms with Crippen LogP contribution in [0.15, 0.2) is 0 Å². The van der Waals surface area contributed by atoms with E-state index in [0.717, 1.165) is 38.0 Å². The Morgan fingerprint density at radius 3 is 2.38 bits per heavy atom. The molecule has 0 aromatic heterocycles. The molecule has 0 amide bonds. The minimum absolute atomic E-state index is 0.0780. The number of ether oxygens (including phenoxy) is 2. The molecule has 2 aliphatic carbocycles. The summed E-state index contributed by atoms with van der Waals surface area (Å²) in [5, 5.41) is 0. The van der Waals surface area contributed by atoms with E-state index in [1.54, 1.807) is 0 Å². The maximum atomic E-state index is 5.60. The quantitative estimate of drug-likeness (QED) is 0.690. The van der Waals surface area contributed by atoms with Crippen LogP contribution in [-0.4, -0.2) is 43.5 Å². The molecule has 92 valence electrons. The summed E-state index contributed by atoms with van der Waals surface area (Å²) in [5.41, 5.74) is 0. The van der Waals surface area contributed by atoms with E-state index in [1.165, 1.54) is 38.8 Å². The summed E-state index contributed by atoms with van der Waals surface area (Å²) in [4.78, 5) is 2.68. The average Bonchev–Trinajstić information content (AvgIpc) is 3.16. The largest absolute Gasteiger partial charge is 0.353 e. The van der Waals surface area contributed by atoms with Crippen LogP contribution in [0.25, 0.3) is 0 Å². The van der Waals surface area contributed by atoms with Crippen LogP contribution in [-0.2, 0) is 9.47 Å². The van der Waals surface area contributed by atoms with Gasteiger partial charge < -0.3 is 9.47 Å². The van der Waals surface area contributed by atoms with Crippen molar-refractivity contribution in [2.45, 2.75) is 50.9 Å². The zero-order valence-electron chi connectivity index (χ0n) is 10.1. The third-order valence-corrected chi connectivity index (χ3v) is 3.80. The van der Waals surface area contributed by atoms with Crippen LogP contribution in [0.3, 0.4) is 0 Å². The van der Waals surface area contributed by atoms with Gasteiger partial charge in [-0.05, 0) is 38.0 Å². The molecular weight excluding hydrogens is 202 g/mol. The van der Waals surface area contributed by atoms with Gasteiger partial charge in [0.1, 0.15) is 0 Å². The van der Waals surface area contributed by atoms with E-state index in [-0.39, 0.29) is 6.29 Å². The molecule has 1 saturated heterocycles. The molecule has 3 heteroatoms. The van der Waals surface area contributed by atoms with Crippen molar-refractivity contribution in [3.63, 3.8) is 0 Å². The predicted molar refractivity (Wildman–Crippen MR) is 62.2 cm³/mol. The molecule has 0 aromatic rings. The van der Waals surface area contributed by atoms with Crippen molar-refractivity contribution >= 4 is 0 Å². The summed E-state index contributed by atoms with van der Waals surface area (Å²) < 4.78 is 11.2. The lowest BCUT2D eigenvalue weighted by Crippen LogP contribution is -2.34. The summed E-state index contributed by atoms with van der Waals surface area (Å²) in [6.45, 7) is 4.27. The topological polar surface area (TPSA) is 21.7 Å². The van der Waals surface area contributed by atoms with Gasteiger partial charge in [0.25, 0.3) is 0 Å². The standard InChI is InChI=1S/C13H23NO2/c1-8-15-13(16-9-1)6-7-14(12-4-5-12)10-11-2-3-11/h11-13H,1-10H2. The molecule has 0 unspecified atom stereocenters. The molecule has 0 bridgehead atoms. The SMILES string of the molecule is C1COC(CCN(CC2CC2)C2CC2)OC1. The molecule has 3 fully saturated rings. The van der Waals surface area contributed by atoms with E-state index in [9.17, 15) is 0 Å². The van der Waals surface area contributed by atoms with Crippen LogP contribution in [0.2, 0.25) is 0 Å². The zero-order valence-corrected chi connectivity index (χ0v) is 10.1. The van der Waals surface area contributed by atoms with E-state index >= 15 is 0 Å². The Balaban J connectivity index is 1.39. The second kappa shape index (κ2) is 5.03. The monoisotopic (exact) mass is 225 g/mol. The second-order valence-electron chi connectivity index (χ2n) is 5.48. The maximum absolute atomic E-state index is 5.60. The van der Waals surface area contributed by atoms with E-state index in [1.807, 2.05) is 0 Å². The third kappa shape index (κ3) is 3.19. The second-order valence-corrected chi connectivity index (χ2v) is 5.48. The molecule has 1 heterocycles. The van der Waals surface area contributed by atoms with Crippen LogP contribution in [0.5, 0.6) is 0 Å². The first kappa shape index (κ1) is 11.0. The van der Waals surface area contributed by atoms with Crippen LogP contribution < -0.4 is 0 Å².